The van der Waals surface area contributed by atoms with Crippen molar-refractivity contribution >= 4 is 28.6 Å². The van der Waals surface area contributed by atoms with Crippen LogP contribution in [0.1, 0.15) is 151 Å². The zero-order valence-corrected chi connectivity index (χ0v) is 45.2. The number of nitriles is 1. The van der Waals surface area contributed by atoms with E-state index < -0.39 is 34.8 Å². The number of hydrogen-bond donors (Lipinski definition) is 3. The number of carboxylic acid groups (broad SMARTS) is 1. The summed E-state index contributed by atoms with van der Waals surface area (Å²) in [6.07, 6.45) is 19.8. The summed E-state index contributed by atoms with van der Waals surface area (Å²) in [4.78, 5) is 21.9. The van der Waals surface area contributed by atoms with Crippen molar-refractivity contribution in [3.63, 3.8) is 0 Å². The molecule has 4 aliphatic rings. The molecule has 0 aromatic carbocycles. The van der Waals surface area contributed by atoms with E-state index in [9.17, 15) is 19.8 Å². The van der Waals surface area contributed by atoms with E-state index in [2.05, 4.69) is 90.7 Å². The van der Waals surface area contributed by atoms with E-state index in [1.807, 2.05) is 6.08 Å². The first-order valence-corrected chi connectivity index (χ1v) is 30.9. The zero-order chi connectivity index (χ0) is 49.6. The van der Waals surface area contributed by atoms with Gasteiger partial charge in [-0.3, -0.25) is 9.59 Å². The largest absolute Gasteiger partial charge is 0.481 e. The fourth-order valence-electron chi connectivity index (χ4n) is 8.38. The van der Waals surface area contributed by atoms with Crippen LogP contribution in [-0.4, -0.2) is 114 Å². The lowest BCUT2D eigenvalue weighted by Crippen LogP contribution is -2.44. The van der Waals surface area contributed by atoms with Crippen LogP contribution in [0.3, 0.4) is 0 Å². The molecule has 0 radical (unpaired) electrons. The Labute approximate surface area is 401 Å². The number of unbranched alkanes of at least 4 members (excludes halogenated alkanes) is 2. The van der Waals surface area contributed by atoms with E-state index in [0.717, 1.165) is 83.8 Å². The van der Waals surface area contributed by atoms with Gasteiger partial charge in [0.2, 0.25) is 0 Å². The van der Waals surface area contributed by atoms with Crippen LogP contribution in [0.25, 0.3) is 0 Å². The van der Waals surface area contributed by atoms with Crippen molar-refractivity contribution in [2.45, 2.75) is 224 Å². The Bertz CT molecular complexity index is 1480. The molecule has 4 fully saturated rings. The molecule has 4 unspecified atom stereocenters. The summed E-state index contributed by atoms with van der Waals surface area (Å²) in [6.45, 7) is 26.7. The number of allylic oxidation sites excluding steroid dienone is 4. The third kappa shape index (κ3) is 21.3. The molecule has 2 heterocycles. The van der Waals surface area contributed by atoms with Gasteiger partial charge in [0.05, 0.1) is 37.6 Å². The molecule has 3 N–H and O–H groups in total. The van der Waals surface area contributed by atoms with Crippen LogP contribution in [0.4, 0.5) is 0 Å². The maximum absolute atomic E-state index is 11.2. The molecule has 382 valence electrons. The predicted molar refractivity (Wildman–Crippen MR) is 265 cm³/mol. The molecule has 13 nitrogen and oxygen atoms in total. The molecule has 0 aromatic rings. The maximum Gasteiger partial charge on any atom is 0.305 e. The minimum Gasteiger partial charge on any atom is -0.481 e. The van der Waals surface area contributed by atoms with Crippen LogP contribution in [0.2, 0.25) is 36.3 Å². The number of aliphatic carboxylic acids is 1. The molecule has 2 saturated carbocycles. The summed E-state index contributed by atoms with van der Waals surface area (Å²) >= 11 is 0. The normalized spacial score (nSPS) is 28.6. The van der Waals surface area contributed by atoms with E-state index in [-0.39, 0.29) is 70.9 Å². The summed E-state index contributed by atoms with van der Waals surface area (Å²) in [5, 5.41) is 38.1. The highest BCUT2D eigenvalue weighted by molar-refractivity contribution is 6.74. The van der Waals surface area contributed by atoms with Gasteiger partial charge in [-0.25, -0.2) is 0 Å². The van der Waals surface area contributed by atoms with Gasteiger partial charge < -0.3 is 47.9 Å². The fraction of sp³-hybridized carbons (Fsp3) is 0.863. The van der Waals surface area contributed by atoms with Crippen LogP contribution in [0.5, 0.6) is 0 Å². The van der Waals surface area contributed by atoms with E-state index in [1.165, 1.54) is 14.0 Å². The van der Waals surface area contributed by atoms with Crippen molar-refractivity contribution in [1.29, 1.82) is 5.26 Å². The van der Waals surface area contributed by atoms with Crippen LogP contribution in [-0.2, 0) is 42.1 Å². The average Bonchev–Trinajstić information content (AvgIpc) is 3.70. The Morgan fingerprint density at radius 2 is 1.08 bits per heavy atom. The summed E-state index contributed by atoms with van der Waals surface area (Å²) in [6, 6.07) is 1.75. The number of aliphatic hydroxyl groups is 2. The lowest BCUT2D eigenvalue weighted by molar-refractivity contribution is -0.198. The fourth-order valence-corrected chi connectivity index (χ4v) is 10.5. The van der Waals surface area contributed by atoms with Gasteiger partial charge >= 0.3 is 11.9 Å². The van der Waals surface area contributed by atoms with Gasteiger partial charge in [-0.1, -0.05) is 65.8 Å². The number of rotatable bonds is 22. The quantitative estimate of drug-likeness (QED) is 0.0404. The van der Waals surface area contributed by atoms with Crippen molar-refractivity contribution < 1.29 is 57.4 Å². The molecular formula is C51H93NO12Si2. The number of carbonyl (C=O) groups excluding carboxylic acids is 1. The molecule has 2 saturated heterocycles. The van der Waals surface area contributed by atoms with Gasteiger partial charge in [0, 0.05) is 70.9 Å². The lowest BCUT2D eigenvalue weighted by Gasteiger charge is -2.38. The van der Waals surface area contributed by atoms with Crippen LogP contribution in [0, 0.1) is 35.0 Å². The Morgan fingerprint density at radius 3 is 1.41 bits per heavy atom. The van der Waals surface area contributed by atoms with Crippen LogP contribution < -0.4 is 0 Å². The molecule has 2 aliphatic heterocycles. The molecule has 0 spiro atoms. The van der Waals surface area contributed by atoms with Crippen molar-refractivity contribution in [3.8, 4) is 6.07 Å². The Kier molecular flexibility index (Phi) is 27.3. The first-order chi connectivity index (χ1) is 31.0. The summed E-state index contributed by atoms with van der Waals surface area (Å²) in [7, 11) is -2.39. The van der Waals surface area contributed by atoms with Crippen molar-refractivity contribution in [1.82, 2.24) is 0 Å². The smallest absolute Gasteiger partial charge is 0.305 e. The van der Waals surface area contributed by atoms with Gasteiger partial charge in [-0.05, 0) is 125 Å². The molecule has 0 aromatic heterocycles. The Hall–Kier alpha value is -1.98. The van der Waals surface area contributed by atoms with Crippen LogP contribution >= 0.6 is 0 Å². The highest BCUT2D eigenvalue weighted by Crippen LogP contribution is 2.44. The number of esters is 1. The van der Waals surface area contributed by atoms with Crippen LogP contribution in [0.15, 0.2) is 24.3 Å². The number of ether oxygens (including phenoxy) is 5. The Balaban J connectivity index is 0.000000428. The topological polar surface area (TPSA) is 183 Å². The first kappa shape index (κ1) is 60.1. The van der Waals surface area contributed by atoms with E-state index in [4.69, 9.17) is 38.2 Å². The molecule has 4 rings (SSSR count). The third-order valence-electron chi connectivity index (χ3n) is 14.7. The number of nitrogens with zero attached hydrogens (tertiary/aromatic N) is 1. The SMILES string of the molecule is CC#N.CC(C)(C)[Si](C)(C)OC[C@H]1[C@H](OC2CCCCO2)CC(O)[C@@H]1C/C=C\CCCC(=O)O.COC(=O)CCC/C=C\C[C@H]1C(O)C[C@@H](OC2CCCCO2)[C@@H]1CO[Si](C)(C)C(C)(C)C. The third-order valence-corrected chi connectivity index (χ3v) is 23.7. The second kappa shape index (κ2) is 29.9. The van der Waals surface area contributed by atoms with Crippen molar-refractivity contribution in [2.75, 3.05) is 33.5 Å². The molecule has 2 aliphatic carbocycles. The van der Waals surface area contributed by atoms with Crippen molar-refractivity contribution in [3.05, 3.63) is 24.3 Å². The first-order valence-electron chi connectivity index (χ1n) is 25.1. The average molecular weight is 968 g/mol. The molecule has 15 heteroatoms. The Morgan fingerprint density at radius 1 is 0.682 bits per heavy atom. The highest BCUT2D eigenvalue weighted by Gasteiger charge is 2.48. The van der Waals surface area contributed by atoms with E-state index >= 15 is 0 Å². The van der Waals surface area contributed by atoms with Gasteiger partial charge in [0.1, 0.15) is 0 Å². The molecule has 0 bridgehead atoms. The lowest BCUT2D eigenvalue weighted by atomic mass is 9.91. The minimum absolute atomic E-state index is 0.0457. The van der Waals surface area contributed by atoms with Gasteiger partial charge in [0.25, 0.3) is 0 Å². The second-order valence-corrected chi connectivity index (χ2v) is 31.4. The predicted octanol–water partition coefficient (Wildman–Crippen LogP) is 10.9. The molecule has 66 heavy (non-hydrogen) atoms. The van der Waals surface area contributed by atoms with Gasteiger partial charge in [-0.2, -0.15) is 5.26 Å². The number of hydrogen-bond acceptors (Lipinski definition) is 12. The van der Waals surface area contributed by atoms with Gasteiger partial charge in [0.15, 0.2) is 29.2 Å². The number of carbonyl (C=O) groups is 2. The molecule has 0 amide bonds. The van der Waals surface area contributed by atoms with E-state index in [1.54, 1.807) is 6.07 Å². The standard InChI is InChI=1S/C25H46O6Si.C24H44O6Si.C2H3N/c1-25(2,3)32(5,6)30-18-20-19(13-9-7-8-10-14-23(27)28-4)21(26)17-22(20)31-24-15-11-12-16-29-24;1-24(2,3)31(4,5)29-17-19-18(12-8-6-7-9-13-22(26)27)20(25)16-21(19)30-23-14-10-11-15-28-23;1-2-3/h7,9,19-22,24,26H,8,10-18H2,1-6H3;6,8,18-21,23,25H,7,9-17H2,1-5H3,(H,26,27);1H3/b9-7-;8-6-;/t19-,20-,21?,22-,24?;18-,19-,20?,21-,23?;/m11./s1. The number of carboxylic acids is 1. The maximum atomic E-state index is 11.2. The number of aliphatic hydroxyl groups excluding tert-OH is 2. The zero-order valence-electron chi connectivity index (χ0n) is 43.2. The minimum atomic E-state index is -1.91. The second-order valence-electron chi connectivity index (χ2n) is 21.7. The van der Waals surface area contributed by atoms with Gasteiger partial charge in [-0.15, -0.1) is 0 Å². The monoisotopic (exact) mass is 968 g/mol. The molecule has 10 atom stereocenters. The summed E-state index contributed by atoms with van der Waals surface area (Å²) in [5.74, 6) is -0.480. The van der Waals surface area contributed by atoms with Crippen molar-refractivity contribution in [2.24, 2.45) is 23.7 Å². The summed E-state index contributed by atoms with van der Waals surface area (Å²) in [5.41, 5.74) is 0. The molecular weight excluding hydrogens is 875 g/mol. The number of methoxy groups -OCH3 is 1. The summed E-state index contributed by atoms with van der Waals surface area (Å²) < 4.78 is 42.2. The highest BCUT2D eigenvalue weighted by atomic mass is 28.4. The van der Waals surface area contributed by atoms with E-state index in [0.29, 0.717) is 38.9 Å².